The summed E-state index contributed by atoms with van der Waals surface area (Å²) in [6, 6.07) is 14.2. The first-order chi connectivity index (χ1) is 10.6. The molecular weight excluding hydrogens is 278 g/mol. The number of Topliss-reactive ketones (excluding diaryl/α,β-unsaturated/α-hetero) is 1. The molecule has 114 valence electrons. The summed E-state index contributed by atoms with van der Waals surface area (Å²) < 4.78 is 0. The Balaban J connectivity index is 2.20. The van der Waals surface area contributed by atoms with Gasteiger partial charge in [0.05, 0.1) is 11.7 Å². The van der Waals surface area contributed by atoms with Crippen LogP contribution < -0.4 is 5.32 Å². The maximum absolute atomic E-state index is 11.5. The maximum atomic E-state index is 11.5. The fourth-order valence-electron chi connectivity index (χ4n) is 2.07. The second-order valence-electron chi connectivity index (χ2n) is 5.01. The summed E-state index contributed by atoms with van der Waals surface area (Å²) in [5.41, 5.74) is 2.01. The van der Waals surface area contributed by atoms with Gasteiger partial charge in [0.25, 0.3) is 0 Å². The molecule has 0 saturated carbocycles. The molecule has 0 amide bonds. The molecule has 2 rings (SSSR count). The highest BCUT2D eigenvalue weighted by atomic mass is 16.3. The van der Waals surface area contributed by atoms with Gasteiger partial charge in [0.2, 0.25) is 0 Å². The number of hydrogen-bond donors (Lipinski definition) is 2. The molecule has 1 atom stereocenters. The molecule has 2 N–H and O–H groups in total. The van der Waals surface area contributed by atoms with Gasteiger partial charge in [-0.15, -0.1) is 5.11 Å². The Morgan fingerprint density at radius 3 is 2.55 bits per heavy atom. The molecule has 5 nitrogen and oxygen atoms in total. The van der Waals surface area contributed by atoms with E-state index in [-0.39, 0.29) is 17.6 Å². The fourth-order valence-corrected chi connectivity index (χ4v) is 2.07. The van der Waals surface area contributed by atoms with Crippen molar-refractivity contribution in [3.8, 4) is 5.75 Å². The lowest BCUT2D eigenvalue weighted by molar-refractivity contribution is -0.118. The average molecular weight is 297 g/mol. The Kier molecular flexibility index (Phi) is 5.38. The van der Waals surface area contributed by atoms with E-state index < -0.39 is 0 Å². The molecule has 0 spiro atoms. The van der Waals surface area contributed by atoms with Gasteiger partial charge >= 0.3 is 0 Å². The smallest absolute Gasteiger partial charge is 0.147 e. The first-order valence-electron chi connectivity index (χ1n) is 7.06. The van der Waals surface area contributed by atoms with E-state index in [1.807, 2.05) is 30.3 Å². The molecular formula is C17H19N3O2. The Labute approximate surface area is 129 Å². The maximum Gasteiger partial charge on any atom is 0.147 e. The van der Waals surface area contributed by atoms with Gasteiger partial charge < -0.3 is 10.4 Å². The van der Waals surface area contributed by atoms with E-state index in [9.17, 15) is 9.90 Å². The SMILES string of the molecule is CNC(Cc1ccc(O)c(/N=N/c2ccccc2)c1)C(C)=O. The standard InChI is InChI=1S/C17H19N3O2/c1-12(21)15(18-2)10-13-8-9-17(22)16(11-13)20-19-14-6-4-3-5-7-14/h3-9,11,15,18,22H,10H2,1-2H3/b20-19+. The van der Waals surface area contributed by atoms with Crippen LogP contribution in [0, 0.1) is 0 Å². The summed E-state index contributed by atoms with van der Waals surface area (Å²) in [6.07, 6.45) is 0.542. The molecule has 0 fully saturated rings. The minimum atomic E-state index is -0.247. The van der Waals surface area contributed by atoms with Crippen molar-refractivity contribution in [1.29, 1.82) is 0 Å². The third-order valence-corrected chi connectivity index (χ3v) is 3.35. The van der Waals surface area contributed by atoms with Crippen LogP contribution in [-0.4, -0.2) is 24.0 Å². The van der Waals surface area contributed by atoms with E-state index in [0.717, 1.165) is 5.56 Å². The van der Waals surface area contributed by atoms with Crippen molar-refractivity contribution in [2.24, 2.45) is 10.2 Å². The Bertz CT molecular complexity index is 669. The predicted molar refractivity (Wildman–Crippen MR) is 86.0 cm³/mol. The van der Waals surface area contributed by atoms with Crippen molar-refractivity contribution in [1.82, 2.24) is 5.32 Å². The molecule has 0 heterocycles. The highest BCUT2D eigenvalue weighted by Crippen LogP contribution is 2.29. The van der Waals surface area contributed by atoms with Gasteiger partial charge in [-0.25, -0.2) is 0 Å². The number of likely N-dealkylation sites (N-methyl/N-ethyl adjacent to an activating group) is 1. The van der Waals surface area contributed by atoms with Crippen LogP contribution in [0.2, 0.25) is 0 Å². The van der Waals surface area contributed by atoms with Crippen molar-refractivity contribution in [3.63, 3.8) is 0 Å². The molecule has 2 aromatic rings. The van der Waals surface area contributed by atoms with Gasteiger partial charge in [-0.1, -0.05) is 24.3 Å². The first-order valence-corrected chi connectivity index (χ1v) is 7.06. The van der Waals surface area contributed by atoms with Gasteiger partial charge in [0.15, 0.2) is 0 Å². The summed E-state index contributed by atoms with van der Waals surface area (Å²) in [5, 5.41) is 21.0. The van der Waals surface area contributed by atoms with Crippen LogP contribution in [0.1, 0.15) is 12.5 Å². The van der Waals surface area contributed by atoms with Crippen LogP contribution in [0.15, 0.2) is 58.8 Å². The molecule has 22 heavy (non-hydrogen) atoms. The van der Waals surface area contributed by atoms with Gasteiger partial charge in [0.1, 0.15) is 17.2 Å². The highest BCUT2D eigenvalue weighted by Gasteiger charge is 2.13. The number of phenolic OH excluding ortho intramolecular Hbond substituents is 1. The number of hydrogen-bond acceptors (Lipinski definition) is 5. The third-order valence-electron chi connectivity index (χ3n) is 3.35. The summed E-state index contributed by atoms with van der Waals surface area (Å²) in [6.45, 7) is 1.55. The fraction of sp³-hybridized carbons (Fsp3) is 0.235. The second kappa shape index (κ2) is 7.47. The minimum Gasteiger partial charge on any atom is -0.506 e. The molecule has 0 aliphatic carbocycles. The van der Waals surface area contributed by atoms with E-state index >= 15 is 0 Å². The van der Waals surface area contributed by atoms with E-state index in [2.05, 4.69) is 15.5 Å². The predicted octanol–water partition coefficient (Wildman–Crippen LogP) is 3.53. The molecule has 2 aromatic carbocycles. The van der Waals surface area contributed by atoms with Gasteiger partial charge in [-0.2, -0.15) is 5.11 Å². The lowest BCUT2D eigenvalue weighted by Crippen LogP contribution is -2.34. The van der Waals surface area contributed by atoms with Crippen molar-refractivity contribution in [2.45, 2.75) is 19.4 Å². The number of aromatic hydroxyl groups is 1. The number of azo groups is 1. The molecule has 0 radical (unpaired) electrons. The van der Waals surface area contributed by atoms with Crippen molar-refractivity contribution in [2.75, 3.05) is 7.05 Å². The zero-order chi connectivity index (χ0) is 15.9. The number of ketones is 1. The lowest BCUT2D eigenvalue weighted by Gasteiger charge is -2.13. The van der Waals surface area contributed by atoms with Crippen molar-refractivity contribution in [3.05, 3.63) is 54.1 Å². The highest BCUT2D eigenvalue weighted by molar-refractivity contribution is 5.81. The molecule has 0 saturated heterocycles. The molecule has 5 heteroatoms. The van der Waals surface area contributed by atoms with Crippen LogP contribution in [0.25, 0.3) is 0 Å². The quantitative estimate of drug-likeness (QED) is 0.801. The van der Waals surface area contributed by atoms with E-state index in [4.69, 9.17) is 0 Å². The number of nitrogens with zero attached hydrogens (tertiary/aromatic N) is 2. The number of carbonyl (C=O) groups is 1. The monoisotopic (exact) mass is 297 g/mol. The van der Waals surface area contributed by atoms with Crippen LogP contribution >= 0.6 is 0 Å². The third kappa shape index (κ3) is 4.23. The van der Waals surface area contributed by atoms with Crippen LogP contribution in [0.3, 0.4) is 0 Å². The normalized spacial score (nSPS) is 12.5. The molecule has 0 aliphatic rings. The number of rotatable bonds is 6. The van der Waals surface area contributed by atoms with Crippen molar-refractivity contribution < 1.29 is 9.90 Å². The molecule has 1 unspecified atom stereocenters. The zero-order valence-corrected chi connectivity index (χ0v) is 12.7. The van der Waals surface area contributed by atoms with Crippen LogP contribution in [-0.2, 0) is 11.2 Å². The van der Waals surface area contributed by atoms with Gasteiger partial charge in [-0.3, -0.25) is 4.79 Å². The van der Waals surface area contributed by atoms with Crippen LogP contribution in [0.5, 0.6) is 5.75 Å². The first kappa shape index (κ1) is 15.9. The van der Waals surface area contributed by atoms with Gasteiger partial charge in [0, 0.05) is 0 Å². The topological polar surface area (TPSA) is 74.0 Å². The Morgan fingerprint density at radius 2 is 1.91 bits per heavy atom. The second-order valence-corrected chi connectivity index (χ2v) is 5.01. The lowest BCUT2D eigenvalue weighted by atomic mass is 10.0. The minimum absolute atomic E-state index is 0.0623. The van der Waals surface area contributed by atoms with Crippen molar-refractivity contribution >= 4 is 17.2 Å². The van der Waals surface area contributed by atoms with E-state index in [1.165, 1.54) is 0 Å². The largest absolute Gasteiger partial charge is 0.506 e. The summed E-state index contributed by atoms with van der Waals surface area (Å²) >= 11 is 0. The number of phenols is 1. The zero-order valence-electron chi connectivity index (χ0n) is 12.7. The number of carbonyl (C=O) groups excluding carboxylic acids is 1. The number of benzene rings is 2. The van der Waals surface area contributed by atoms with Crippen LogP contribution in [0.4, 0.5) is 11.4 Å². The Morgan fingerprint density at radius 1 is 1.18 bits per heavy atom. The Hall–Kier alpha value is -2.53. The molecule has 0 aliphatic heterocycles. The number of nitrogens with one attached hydrogen (secondary N) is 1. The summed E-state index contributed by atoms with van der Waals surface area (Å²) in [5.74, 6) is 0.135. The van der Waals surface area contributed by atoms with Gasteiger partial charge in [-0.05, 0) is 50.2 Å². The molecule has 0 aromatic heterocycles. The summed E-state index contributed by atoms with van der Waals surface area (Å²) in [7, 11) is 1.75. The van der Waals surface area contributed by atoms with E-state index in [1.54, 1.807) is 32.2 Å². The van der Waals surface area contributed by atoms with E-state index in [0.29, 0.717) is 17.8 Å². The average Bonchev–Trinajstić information content (AvgIpc) is 2.53. The molecule has 0 bridgehead atoms. The summed E-state index contributed by atoms with van der Waals surface area (Å²) in [4.78, 5) is 11.5.